The quantitative estimate of drug-likeness (QED) is 0.330. The molecule has 0 aliphatic carbocycles. The average Bonchev–Trinajstić information content (AvgIpc) is 2.57. The third-order valence-electron chi connectivity index (χ3n) is 2.66. The lowest BCUT2D eigenvalue weighted by atomic mass is 10.2. The van der Waals surface area contributed by atoms with Gasteiger partial charge in [0.25, 0.3) is 5.69 Å². The first-order valence-electron chi connectivity index (χ1n) is 6.20. The lowest BCUT2D eigenvalue weighted by Crippen LogP contribution is -2.21. The van der Waals surface area contributed by atoms with Gasteiger partial charge in [-0.3, -0.25) is 30.4 Å². The number of nitrogens with zero attached hydrogens (tertiary/aromatic N) is 3. The first-order valence-corrected chi connectivity index (χ1v) is 6.20. The van der Waals surface area contributed by atoms with E-state index in [1.165, 1.54) is 0 Å². The van der Waals surface area contributed by atoms with Gasteiger partial charge in [-0.15, -0.1) is 0 Å². The van der Waals surface area contributed by atoms with Gasteiger partial charge in [-0.25, -0.2) is 4.79 Å². The fraction of sp³-hybridized carbons (Fsp3) is 0.250. The SMILES string of the molecule is COC(=O)C/C(=N/Nc1ccc([N+](=O)[O-])cc1[N+](=O)[O-])C(=O)OC. The van der Waals surface area contributed by atoms with Crippen molar-refractivity contribution in [3.63, 3.8) is 0 Å². The number of nitrogens with one attached hydrogen (secondary N) is 1. The van der Waals surface area contributed by atoms with Crippen LogP contribution in [0.15, 0.2) is 23.3 Å². The number of nitro groups is 2. The molecule has 0 spiro atoms. The van der Waals surface area contributed by atoms with Crippen molar-refractivity contribution in [2.24, 2.45) is 5.10 Å². The highest BCUT2D eigenvalue weighted by atomic mass is 16.6. The van der Waals surface area contributed by atoms with Crippen LogP contribution in [0.25, 0.3) is 0 Å². The number of esters is 2. The van der Waals surface area contributed by atoms with Crippen molar-refractivity contribution in [2.45, 2.75) is 6.42 Å². The number of carbonyl (C=O) groups excluding carboxylic acids is 2. The smallest absolute Gasteiger partial charge is 0.354 e. The number of hydrogen-bond acceptors (Lipinski definition) is 10. The minimum absolute atomic E-state index is 0.211. The van der Waals surface area contributed by atoms with Crippen LogP contribution in [0.1, 0.15) is 6.42 Å². The van der Waals surface area contributed by atoms with E-state index < -0.39 is 45.3 Å². The lowest BCUT2D eigenvalue weighted by molar-refractivity contribution is -0.393. The second-order valence-corrected chi connectivity index (χ2v) is 4.13. The third kappa shape index (κ3) is 4.72. The first-order chi connectivity index (χ1) is 11.3. The summed E-state index contributed by atoms with van der Waals surface area (Å²) in [6.45, 7) is 0. The van der Waals surface area contributed by atoms with Gasteiger partial charge in [0.2, 0.25) is 0 Å². The van der Waals surface area contributed by atoms with Crippen LogP contribution in [0.4, 0.5) is 17.1 Å². The third-order valence-corrected chi connectivity index (χ3v) is 2.66. The monoisotopic (exact) mass is 340 g/mol. The van der Waals surface area contributed by atoms with Crippen LogP contribution in [0.2, 0.25) is 0 Å². The van der Waals surface area contributed by atoms with E-state index in [-0.39, 0.29) is 5.69 Å². The van der Waals surface area contributed by atoms with E-state index in [2.05, 4.69) is 20.0 Å². The Morgan fingerprint density at radius 3 is 2.33 bits per heavy atom. The molecule has 128 valence electrons. The fourth-order valence-electron chi connectivity index (χ4n) is 1.49. The molecule has 12 nitrogen and oxygen atoms in total. The summed E-state index contributed by atoms with van der Waals surface area (Å²) >= 11 is 0. The lowest BCUT2D eigenvalue weighted by Gasteiger charge is -2.06. The number of hydrazone groups is 1. The van der Waals surface area contributed by atoms with Gasteiger partial charge in [0.15, 0.2) is 5.71 Å². The van der Waals surface area contributed by atoms with Crippen LogP contribution in [-0.2, 0) is 19.1 Å². The molecule has 0 amide bonds. The maximum Gasteiger partial charge on any atom is 0.354 e. The van der Waals surface area contributed by atoms with Crippen LogP contribution < -0.4 is 5.43 Å². The molecular weight excluding hydrogens is 328 g/mol. The summed E-state index contributed by atoms with van der Waals surface area (Å²) in [5.41, 5.74) is 0.501. The molecule has 0 fully saturated rings. The van der Waals surface area contributed by atoms with E-state index in [9.17, 15) is 29.8 Å². The highest BCUT2D eigenvalue weighted by Gasteiger charge is 2.21. The Balaban J connectivity index is 3.16. The number of methoxy groups -OCH3 is 2. The molecule has 0 unspecified atom stereocenters. The molecule has 0 aromatic heterocycles. The van der Waals surface area contributed by atoms with E-state index in [0.717, 1.165) is 32.4 Å². The summed E-state index contributed by atoms with van der Waals surface area (Å²) in [4.78, 5) is 42.7. The van der Waals surface area contributed by atoms with Gasteiger partial charge in [0, 0.05) is 6.07 Å². The van der Waals surface area contributed by atoms with Crippen LogP contribution in [-0.4, -0.2) is 41.7 Å². The van der Waals surface area contributed by atoms with Crippen molar-refractivity contribution in [1.82, 2.24) is 0 Å². The number of rotatable bonds is 7. The first kappa shape index (κ1) is 18.5. The van der Waals surface area contributed by atoms with Crippen molar-refractivity contribution < 1.29 is 28.9 Å². The maximum absolute atomic E-state index is 11.5. The number of benzene rings is 1. The zero-order chi connectivity index (χ0) is 18.3. The van der Waals surface area contributed by atoms with Crippen LogP contribution in [0.3, 0.4) is 0 Å². The topological polar surface area (TPSA) is 163 Å². The molecule has 0 aliphatic heterocycles. The van der Waals surface area contributed by atoms with Gasteiger partial charge in [-0.1, -0.05) is 0 Å². The van der Waals surface area contributed by atoms with Gasteiger partial charge in [-0.2, -0.15) is 5.10 Å². The van der Waals surface area contributed by atoms with Crippen LogP contribution in [0, 0.1) is 20.2 Å². The van der Waals surface area contributed by atoms with Gasteiger partial charge in [0.05, 0.1) is 36.6 Å². The highest BCUT2D eigenvalue weighted by molar-refractivity contribution is 6.39. The minimum Gasteiger partial charge on any atom is -0.469 e. The molecule has 0 saturated carbocycles. The Labute approximate surface area is 134 Å². The predicted molar refractivity (Wildman–Crippen MR) is 79.5 cm³/mol. The van der Waals surface area contributed by atoms with E-state index in [4.69, 9.17) is 0 Å². The molecule has 1 rings (SSSR count). The number of anilines is 1. The largest absolute Gasteiger partial charge is 0.469 e. The molecule has 0 atom stereocenters. The van der Waals surface area contributed by atoms with E-state index in [0.29, 0.717) is 0 Å². The second kappa shape index (κ2) is 8.17. The van der Waals surface area contributed by atoms with Crippen molar-refractivity contribution in [1.29, 1.82) is 0 Å². The fourth-order valence-corrected chi connectivity index (χ4v) is 1.49. The number of ether oxygens (including phenoxy) is 2. The number of carbonyl (C=O) groups is 2. The second-order valence-electron chi connectivity index (χ2n) is 4.13. The van der Waals surface area contributed by atoms with Gasteiger partial charge in [0.1, 0.15) is 5.69 Å². The Morgan fingerprint density at radius 2 is 1.83 bits per heavy atom. The minimum atomic E-state index is -0.947. The Morgan fingerprint density at radius 1 is 1.17 bits per heavy atom. The van der Waals surface area contributed by atoms with E-state index in [1.54, 1.807) is 0 Å². The van der Waals surface area contributed by atoms with Crippen LogP contribution in [0.5, 0.6) is 0 Å². The Hall–Kier alpha value is -3.57. The molecule has 0 heterocycles. The van der Waals surface area contributed by atoms with E-state index >= 15 is 0 Å². The summed E-state index contributed by atoms with van der Waals surface area (Å²) in [5, 5.41) is 25.2. The summed E-state index contributed by atoms with van der Waals surface area (Å²) in [6.07, 6.45) is -0.531. The van der Waals surface area contributed by atoms with E-state index in [1.807, 2.05) is 0 Å². The molecule has 12 heteroatoms. The summed E-state index contributed by atoms with van der Waals surface area (Å²) in [6, 6.07) is 2.80. The molecule has 1 aromatic rings. The zero-order valence-electron chi connectivity index (χ0n) is 12.5. The molecule has 0 aliphatic rings. The number of nitro benzene ring substituents is 2. The highest BCUT2D eigenvalue weighted by Crippen LogP contribution is 2.28. The molecular formula is C12H12N4O8. The Kier molecular flexibility index (Phi) is 6.29. The van der Waals surface area contributed by atoms with Gasteiger partial charge in [-0.05, 0) is 6.07 Å². The van der Waals surface area contributed by atoms with Gasteiger partial charge >= 0.3 is 17.6 Å². The summed E-state index contributed by atoms with van der Waals surface area (Å²) in [7, 11) is 2.16. The zero-order valence-corrected chi connectivity index (χ0v) is 12.5. The molecule has 0 saturated heterocycles. The normalized spacial score (nSPS) is 10.7. The summed E-state index contributed by atoms with van der Waals surface area (Å²) < 4.78 is 8.83. The summed E-state index contributed by atoms with van der Waals surface area (Å²) in [5.74, 6) is -1.73. The Bertz CT molecular complexity index is 715. The molecule has 1 N–H and O–H groups in total. The van der Waals surface area contributed by atoms with Crippen LogP contribution >= 0.6 is 0 Å². The molecule has 24 heavy (non-hydrogen) atoms. The maximum atomic E-state index is 11.5. The number of non-ortho nitro benzene ring substituents is 1. The van der Waals surface area contributed by atoms with Gasteiger partial charge < -0.3 is 9.47 Å². The molecule has 0 bridgehead atoms. The van der Waals surface area contributed by atoms with Crippen molar-refractivity contribution in [3.8, 4) is 0 Å². The molecule has 1 aromatic carbocycles. The molecule has 0 radical (unpaired) electrons. The van der Waals surface area contributed by atoms with Crippen molar-refractivity contribution in [2.75, 3.05) is 19.6 Å². The standard InChI is InChI=1S/C12H12N4O8/c1-23-11(17)6-9(12(18)24-2)14-13-8-4-3-7(15(19)20)5-10(8)16(21)22/h3-5,13H,6H2,1-2H3/b14-9-. The van der Waals surface area contributed by atoms with Crippen molar-refractivity contribution >= 4 is 34.7 Å². The predicted octanol–water partition coefficient (Wildman–Crippen LogP) is 1.01. The average molecular weight is 340 g/mol. The van der Waals surface area contributed by atoms with Crippen molar-refractivity contribution in [3.05, 3.63) is 38.4 Å². The number of hydrogen-bond donors (Lipinski definition) is 1.